The zero-order chi connectivity index (χ0) is 13.8. The molecule has 4 heteroatoms. The Hall–Kier alpha value is -1.26. The normalized spacial score (nSPS) is 22.9. The van der Waals surface area contributed by atoms with Crippen molar-refractivity contribution in [2.45, 2.75) is 31.8 Å². The lowest BCUT2D eigenvalue weighted by Crippen LogP contribution is -2.37. The van der Waals surface area contributed by atoms with Crippen molar-refractivity contribution in [2.75, 3.05) is 20.7 Å². The first-order valence-electron chi connectivity index (χ1n) is 6.92. The molecule has 0 aliphatic heterocycles. The fraction of sp³-hybridized carbons (Fsp3) is 0.600. The average Bonchev–Trinajstić information content (AvgIpc) is 2.89. The molecule has 4 nitrogen and oxygen atoms in total. The molecule has 2 unspecified atom stereocenters. The van der Waals surface area contributed by atoms with E-state index in [2.05, 4.69) is 11.9 Å². The quantitative estimate of drug-likeness (QED) is 0.853. The lowest BCUT2D eigenvalue weighted by molar-refractivity contribution is 0.191. The second-order valence-electron chi connectivity index (χ2n) is 5.40. The second-order valence-corrected chi connectivity index (χ2v) is 5.40. The first-order valence-corrected chi connectivity index (χ1v) is 6.92. The van der Waals surface area contributed by atoms with Gasteiger partial charge in [-0.2, -0.15) is 0 Å². The standard InChI is InChI=1S/C15H24N2O2/c1-17(14-5-3-4-11(14)9-16)10-12-8-13(19-2)6-7-15(12)18/h6-8,11,14,18H,3-5,9-10,16H2,1-2H3. The maximum Gasteiger partial charge on any atom is 0.120 e. The summed E-state index contributed by atoms with van der Waals surface area (Å²) in [7, 11) is 3.75. The summed E-state index contributed by atoms with van der Waals surface area (Å²) in [5.41, 5.74) is 6.74. The third kappa shape index (κ3) is 3.19. The molecule has 2 atom stereocenters. The van der Waals surface area contributed by atoms with E-state index in [9.17, 15) is 5.11 Å². The largest absolute Gasteiger partial charge is 0.508 e. The Bertz CT molecular complexity index is 423. The van der Waals surface area contributed by atoms with E-state index in [4.69, 9.17) is 10.5 Å². The SMILES string of the molecule is COc1ccc(O)c(CN(C)C2CCCC2CN)c1. The Morgan fingerprint density at radius 1 is 1.42 bits per heavy atom. The third-order valence-electron chi connectivity index (χ3n) is 4.19. The van der Waals surface area contributed by atoms with Crippen LogP contribution in [0.2, 0.25) is 0 Å². The van der Waals surface area contributed by atoms with Crippen molar-refractivity contribution in [3.8, 4) is 11.5 Å². The van der Waals surface area contributed by atoms with Gasteiger partial charge < -0.3 is 15.6 Å². The van der Waals surface area contributed by atoms with Crippen molar-refractivity contribution in [3.63, 3.8) is 0 Å². The van der Waals surface area contributed by atoms with E-state index in [-0.39, 0.29) is 0 Å². The highest BCUT2D eigenvalue weighted by Gasteiger charge is 2.29. The molecule has 1 aromatic rings. The van der Waals surface area contributed by atoms with Gasteiger partial charge in [0, 0.05) is 18.2 Å². The molecule has 0 saturated heterocycles. The van der Waals surface area contributed by atoms with E-state index in [0.29, 0.717) is 17.7 Å². The van der Waals surface area contributed by atoms with E-state index in [1.54, 1.807) is 19.2 Å². The van der Waals surface area contributed by atoms with Gasteiger partial charge >= 0.3 is 0 Å². The molecule has 2 rings (SSSR count). The number of phenolic OH excluding ortho intramolecular Hbond substituents is 1. The molecule has 0 spiro atoms. The number of rotatable bonds is 5. The van der Waals surface area contributed by atoms with Crippen molar-refractivity contribution in [1.29, 1.82) is 0 Å². The Balaban J connectivity index is 2.07. The molecule has 0 radical (unpaired) electrons. The van der Waals surface area contributed by atoms with E-state index < -0.39 is 0 Å². The van der Waals surface area contributed by atoms with Crippen LogP contribution < -0.4 is 10.5 Å². The van der Waals surface area contributed by atoms with Gasteiger partial charge in [0.15, 0.2) is 0 Å². The van der Waals surface area contributed by atoms with Gasteiger partial charge in [-0.3, -0.25) is 4.90 Å². The van der Waals surface area contributed by atoms with Crippen LogP contribution in [0, 0.1) is 5.92 Å². The van der Waals surface area contributed by atoms with Gasteiger partial charge in [0.25, 0.3) is 0 Å². The van der Waals surface area contributed by atoms with Crippen LogP contribution in [-0.2, 0) is 6.54 Å². The molecule has 0 aromatic heterocycles. The molecule has 1 aliphatic rings. The van der Waals surface area contributed by atoms with Gasteiger partial charge in [0.1, 0.15) is 11.5 Å². The van der Waals surface area contributed by atoms with E-state index in [1.807, 2.05) is 6.07 Å². The molecule has 1 aromatic carbocycles. The Labute approximate surface area is 115 Å². The number of benzene rings is 1. The molecule has 0 amide bonds. The number of hydrogen-bond donors (Lipinski definition) is 2. The number of phenols is 1. The summed E-state index contributed by atoms with van der Waals surface area (Å²) >= 11 is 0. The first-order chi connectivity index (χ1) is 9.15. The van der Waals surface area contributed by atoms with Gasteiger partial charge in [0.2, 0.25) is 0 Å². The molecule has 0 bridgehead atoms. The summed E-state index contributed by atoms with van der Waals surface area (Å²) in [6.45, 7) is 1.48. The van der Waals surface area contributed by atoms with Crippen molar-refractivity contribution < 1.29 is 9.84 Å². The number of methoxy groups -OCH3 is 1. The second kappa shape index (κ2) is 6.26. The lowest BCUT2D eigenvalue weighted by atomic mass is 10.0. The van der Waals surface area contributed by atoms with Gasteiger partial charge in [-0.05, 0) is 50.6 Å². The first kappa shape index (κ1) is 14.2. The molecule has 106 valence electrons. The molecule has 1 saturated carbocycles. The Kier molecular flexibility index (Phi) is 4.66. The smallest absolute Gasteiger partial charge is 0.120 e. The molecule has 1 aliphatic carbocycles. The van der Waals surface area contributed by atoms with Crippen LogP contribution >= 0.6 is 0 Å². The predicted octanol–water partition coefficient (Wildman–Crippen LogP) is 1.96. The summed E-state index contributed by atoms with van der Waals surface area (Å²) in [4.78, 5) is 2.30. The number of nitrogens with zero attached hydrogens (tertiary/aromatic N) is 1. The summed E-state index contributed by atoms with van der Waals surface area (Å²) in [5.74, 6) is 1.69. The fourth-order valence-electron chi connectivity index (χ4n) is 3.07. The number of hydrogen-bond acceptors (Lipinski definition) is 4. The van der Waals surface area contributed by atoms with Crippen LogP contribution in [-0.4, -0.2) is 36.8 Å². The monoisotopic (exact) mass is 264 g/mol. The van der Waals surface area contributed by atoms with E-state index in [1.165, 1.54) is 19.3 Å². The maximum absolute atomic E-state index is 9.94. The molecule has 1 fully saturated rings. The molecule has 19 heavy (non-hydrogen) atoms. The van der Waals surface area contributed by atoms with Crippen molar-refractivity contribution in [2.24, 2.45) is 11.7 Å². The minimum atomic E-state index is 0.329. The van der Waals surface area contributed by atoms with Crippen LogP contribution in [0.15, 0.2) is 18.2 Å². The van der Waals surface area contributed by atoms with Crippen molar-refractivity contribution in [3.05, 3.63) is 23.8 Å². The summed E-state index contributed by atoms with van der Waals surface area (Å²) in [5, 5.41) is 9.94. The molecular formula is C15H24N2O2. The average molecular weight is 264 g/mol. The minimum Gasteiger partial charge on any atom is -0.508 e. The zero-order valence-electron chi connectivity index (χ0n) is 11.8. The fourth-order valence-corrected chi connectivity index (χ4v) is 3.07. The molecular weight excluding hydrogens is 240 g/mol. The topological polar surface area (TPSA) is 58.7 Å². The van der Waals surface area contributed by atoms with Gasteiger partial charge in [-0.15, -0.1) is 0 Å². The summed E-state index contributed by atoms with van der Waals surface area (Å²) in [6, 6.07) is 5.89. The summed E-state index contributed by atoms with van der Waals surface area (Å²) in [6.07, 6.45) is 3.67. The summed E-state index contributed by atoms with van der Waals surface area (Å²) < 4.78 is 5.21. The number of ether oxygens (including phenoxy) is 1. The van der Waals surface area contributed by atoms with Crippen molar-refractivity contribution in [1.82, 2.24) is 4.90 Å². The van der Waals surface area contributed by atoms with Gasteiger partial charge in [-0.25, -0.2) is 0 Å². The van der Waals surface area contributed by atoms with Gasteiger partial charge in [0.05, 0.1) is 7.11 Å². The van der Waals surface area contributed by atoms with Crippen molar-refractivity contribution >= 4 is 0 Å². The lowest BCUT2D eigenvalue weighted by Gasteiger charge is -2.29. The van der Waals surface area contributed by atoms with E-state index in [0.717, 1.165) is 24.4 Å². The highest BCUT2D eigenvalue weighted by molar-refractivity contribution is 5.39. The third-order valence-corrected chi connectivity index (χ3v) is 4.19. The minimum absolute atomic E-state index is 0.329. The number of aromatic hydroxyl groups is 1. The highest BCUT2D eigenvalue weighted by atomic mass is 16.5. The number of nitrogens with two attached hydrogens (primary N) is 1. The Morgan fingerprint density at radius 2 is 2.21 bits per heavy atom. The van der Waals surface area contributed by atoms with Crippen LogP contribution in [0.1, 0.15) is 24.8 Å². The van der Waals surface area contributed by atoms with Crippen LogP contribution in [0.4, 0.5) is 0 Å². The Morgan fingerprint density at radius 3 is 2.89 bits per heavy atom. The van der Waals surface area contributed by atoms with Crippen LogP contribution in [0.25, 0.3) is 0 Å². The van der Waals surface area contributed by atoms with Crippen LogP contribution in [0.5, 0.6) is 11.5 Å². The zero-order valence-corrected chi connectivity index (χ0v) is 11.8. The highest BCUT2D eigenvalue weighted by Crippen LogP contribution is 2.31. The van der Waals surface area contributed by atoms with Gasteiger partial charge in [-0.1, -0.05) is 6.42 Å². The molecule has 3 N–H and O–H groups in total. The van der Waals surface area contributed by atoms with E-state index >= 15 is 0 Å². The molecule has 0 heterocycles. The maximum atomic E-state index is 9.94. The predicted molar refractivity (Wildman–Crippen MR) is 76.3 cm³/mol. The van der Waals surface area contributed by atoms with Crippen LogP contribution in [0.3, 0.4) is 0 Å².